The molecular formula is C10H16BrN3O. The topological polar surface area (TPSA) is 39.9 Å². The highest BCUT2D eigenvalue weighted by Crippen LogP contribution is 2.46. The molecular weight excluding hydrogens is 258 g/mol. The predicted molar refractivity (Wildman–Crippen MR) is 61.1 cm³/mol. The predicted octanol–water partition coefficient (Wildman–Crippen LogP) is 1.94. The van der Waals surface area contributed by atoms with E-state index in [2.05, 4.69) is 37.6 Å². The summed E-state index contributed by atoms with van der Waals surface area (Å²) in [5.74, 6) is 3.51. The van der Waals surface area contributed by atoms with Crippen molar-refractivity contribution in [1.29, 1.82) is 0 Å². The molecule has 1 aromatic heterocycles. The first-order chi connectivity index (χ1) is 7.27. The van der Waals surface area contributed by atoms with Crippen LogP contribution in [0.15, 0.2) is 0 Å². The molecule has 1 aliphatic carbocycles. The van der Waals surface area contributed by atoms with Gasteiger partial charge in [-0.15, -0.1) is 10.2 Å². The fourth-order valence-electron chi connectivity index (χ4n) is 1.83. The lowest BCUT2D eigenvalue weighted by Crippen LogP contribution is -2.10. The lowest BCUT2D eigenvalue weighted by molar-refractivity contribution is 0.185. The van der Waals surface area contributed by atoms with Gasteiger partial charge in [-0.05, 0) is 12.3 Å². The van der Waals surface area contributed by atoms with E-state index in [0.29, 0.717) is 12.5 Å². The van der Waals surface area contributed by atoms with Crippen molar-refractivity contribution in [1.82, 2.24) is 14.8 Å². The van der Waals surface area contributed by atoms with Gasteiger partial charge in [0, 0.05) is 19.6 Å². The molecule has 0 saturated heterocycles. The number of methoxy groups -OCH3 is 1. The van der Waals surface area contributed by atoms with Gasteiger partial charge < -0.3 is 9.30 Å². The summed E-state index contributed by atoms with van der Waals surface area (Å²) < 4.78 is 7.29. The number of ether oxygens (including phenoxy) is 1. The third-order valence-corrected chi connectivity index (χ3v) is 3.44. The Balaban J connectivity index is 2.17. The molecule has 0 bridgehead atoms. The van der Waals surface area contributed by atoms with E-state index in [0.717, 1.165) is 29.4 Å². The second-order valence-electron chi connectivity index (χ2n) is 4.07. The van der Waals surface area contributed by atoms with Crippen LogP contribution in [0.1, 0.15) is 30.9 Å². The number of hydrogen-bond acceptors (Lipinski definition) is 3. The van der Waals surface area contributed by atoms with Crippen LogP contribution in [0.3, 0.4) is 0 Å². The van der Waals surface area contributed by atoms with E-state index in [1.165, 1.54) is 6.42 Å². The Morgan fingerprint density at radius 1 is 1.53 bits per heavy atom. The summed E-state index contributed by atoms with van der Waals surface area (Å²) in [5.41, 5.74) is 0. The second-order valence-corrected chi connectivity index (χ2v) is 4.63. The molecule has 5 heteroatoms. The molecule has 1 heterocycles. The fraction of sp³-hybridized carbons (Fsp3) is 0.800. The van der Waals surface area contributed by atoms with Gasteiger partial charge in [-0.3, -0.25) is 0 Å². The summed E-state index contributed by atoms with van der Waals surface area (Å²) in [4.78, 5) is 0. The quantitative estimate of drug-likeness (QED) is 0.770. The van der Waals surface area contributed by atoms with Crippen LogP contribution in [0.4, 0.5) is 0 Å². The summed E-state index contributed by atoms with van der Waals surface area (Å²) in [5, 5.41) is 9.23. The van der Waals surface area contributed by atoms with Crippen LogP contribution < -0.4 is 0 Å². The van der Waals surface area contributed by atoms with Gasteiger partial charge in [-0.1, -0.05) is 22.9 Å². The summed E-state index contributed by atoms with van der Waals surface area (Å²) in [6.07, 6.45) is 1.24. The van der Waals surface area contributed by atoms with Crippen LogP contribution in [0.25, 0.3) is 0 Å². The molecule has 0 N–H and O–H groups in total. The first-order valence-corrected chi connectivity index (χ1v) is 6.37. The average molecular weight is 274 g/mol. The van der Waals surface area contributed by atoms with Crippen molar-refractivity contribution >= 4 is 15.9 Å². The van der Waals surface area contributed by atoms with Crippen molar-refractivity contribution in [2.75, 3.05) is 13.7 Å². The Morgan fingerprint density at radius 3 is 2.80 bits per heavy atom. The van der Waals surface area contributed by atoms with Gasteiger partial charge in [0.15, 0.2) is 0 Å². The first-order valence-electron chi connectivity index (χ1n) is 5.24. The third-order valence-electron chi connectivity index (χ3n) is 2.94. The van der Waals surface area contributed by atoms with Crippen LogP contribution in [-0.4, -0.2) is 28.5 Å². The van der Waals surface area contributed by atoms with Crippen molar-refractivity contribution < 1.29 is 4.74 Å². The highest BCUT2D eigenvalue weighted by Gasteiger charge is 2.38. The zero-order valence-electron chi connectivity index (χ0n) is 9.11. The molecule has 2 unspecified atom stereocenters. The SMILES string of the molecule is COCCn1c(CBr)nnc1C1CC1C. The number of rotatable bonds is 5. The van der Waals surface area contributed by atoms with Crippen molar-refractivity contribution in [3.8, 4) is 0 Å². The van der Waals surface area contributed by atoms with Gasteiger partial charge in [-0.2, -0.15) is 0 Å². The van der Waals surface area contributed by atoms with Crippen LogP contribution in [0.2, 0.25) is 0 Å². The van der Waals surface area contributed by atoms with Gasteiger partial charge in [0.25, 0.3) is 0 Å². The normalized spacial score (nSPS) is 24.5. The number of halogens is 1. The highest BCUT2D eigenvalue weighted by molar-refractivity contribution is 9.08. The molecule has 0 spiro atoms. The van der Waals surface area contributed by atoms with Gasteiger partial charge >= 0.3 is 0 Å². The molecule has 0 aliphatic heterocycles. The van der Waals surface area contributed by atoms with E-state index in [1.54, 1.807) is 7.11 Å². The maximum atomic E-state index is 5.10. The maximum absolute atomic E-state index is 5.10. The molecule has 4 nitrogen and oxygen atoms in total. The van der Waals surface area contributed by atoms with Gasteiger partial charge in [0.05, 0.1) is 11.9 Å². The summed E-state index contributed by atoms with van der Waals surface area (Å²) in [7, 11) is 1.72. The summed E-state index contributed by atoms with van der Waals surface area (Å²) >= 11 is 3.43. The summed E-state index contributed by atoms with van der Waals surface area (Å²) in [6, 6.07) is 0. The van der Waals surface area contributed by atoms with E-state index in [-0.39, 0.29) is 0 Å². The van der Waals surface area contributed by atoms with E-state index in [9.17, 15) is 0 Å². The van der Waals surface area contributed by atoms with Crippen LogP contribution in [-0.2, 0) is 16.6 Å². The lowest BCUT2D eigenvalue weighted by Gasteiger charge is -2.07. The van der Waals surface area contributed by atoms with Crippen molar-refractivity contribution in [2.45, 2.75) is 31.1 Å². The monoisotopic (exact) mass is 273 g/mol. The van der Waals surface area contributed by atoms with Crippen molar-refractivity contribution in [3.63, 3.8) is 0 Å². The Morgan fingerprint density at radius 2 is 2.27 bits per heavy atom. The molecule has 84 valence electrons. The third kappa shape index (κ3) is 2.23. The van der Waals surface area contributed by atoms with Crippen LogP contribution in [0.5, 0.6) is 0 Å². The first kappa shape index (κ1) is 11.1. The Hall–Kier alpha value is -0.420. The van der Waals surface area contributed by atoms with Crippen molar-refractivity contribution in [2.24, 2.45) is 5.92 Å². The smallest absolute Gasteiger partial charge is 0.143 e. The molecule has 15 heavy (non-hydrogen) atoms. The summed E-state index contributed by atoms with van der Waals surface area (Å²) in [6.45, 7) is 3.82. The van der Waals surface area contributed by atoms with E-state index in [4.69, 9.17) is 4.74 Å². The highest BCUT2D eigenvalue weighted by atomic mass is 79.9. The average Bonchev–Trinajstić information content (AvgIpc) is 2.81. The minimum atomic E-state index is 0.613. The molecule has 0 radical (unpaired) electrons. The van der Waals surface area contributed by atoms with E-state index >= 15 is 0 Å². The van der Waals surface area contributed by atoms with Gasteiger partial charge in [0.1, 0.15) is 11.6 Å². The molecule has 2 rings (SSSR count). The van der Waals surface area contributed by atoms with Crippen molar-refractivity contribution in [3.05, 3.63) is 11.6 Å². The molecule has 0 aromatic carbocycles. The second kappa shape index (κ2) is 4.61. The van der Waals surface area contributed by atoms with E-state index in [1.807, 2.05) is 0 Å². The maximum Gasteiger partial charge on any atom is 0.143 e. The molecule has 1 fully saturated rings. The number of aromatic nitrogens is 3. The van der Waals surface area contributed by atoms with Gasteiger partial charge in [-0.25, -0.2) is 0 Å². The number of nitrogens with zero attached hydrogens (tertiary/aromatic N) is 3. The van der Waals surface area contributed by atoms with E-state index < -0.39 is 0 Å². The number of alkyl halides is 1. The molecule has 1 aromatic rings. The standard InChI is InChI=1S/C10H16BrN3O/c1-7-5-8(7)10-13-12-9(6-11)14(10)3-4-15-2/h7-8H,3-6H2,1-2H3. The number of hydrogen-bond donors (Lipinski definition) is 0. The molecule has 1 aliphatic rings. The minimum Gasteiger partial charge on any atom is -0.383 e. The lowest BCUT2D eigenvalue weighted by atomic mass is 10.3. The fourth-order valence-corrected chi connectivity index (χ4v) is 2.25. The minimum absolute atomic E-state index is 0.613. The molecule has 1 saturated carbocycles. The largest absolute Gasteiger partial charge is 0.383 e. The Bertz CT molecular complexity index is 339. The molecule has 2 atom stereocenters. The van der Waals surface area contributed by atoms with Gasteiger partial charge in [0.2, 0.25) is 0 Å². The Kier molecular flexibility index (Phi) is 3.41. The molecule has 0 amide bonds. The zero-order chi connectivity index (χ0) is 10.8. The van der Waals surface area contributed by atoms with Crippen LogP contribution in [0, 0.1) is 5.92 Å². The zero-order valence-corrected chi connectivity index (χ0v) is 10.7. The Labute approximate surface area is 98.2 Å². The van der Waals surface area contributed by atoms with Crippen LogP contribution >= 0.6 is 15.9 Å².